The fraction of sp³-hybridized carbons (Fsp3) is 0.353. The maximum Gasteiger partial charge on any atom is 0.419 e. The fourth-order valence-corrected chi connectivity index (χ4v) is 2.22. The van der Waals surface area contributed by atoms with Crippen molar-refractivity contribution in [3.8, 4) is 11.6 Å². The summed E-state index contributed by atoms with van der Waals surface area (Å²) in [5.74, 6) is 0.224. The Balaban J connectivity index is 1.52. The minimum atomic E-state index is -0.683. The maximum atomic E-state index is 11.8. The summed E-state index contributed by atoms with van der Waals surface area (Å²) in [5.41, 5.74) is 0. The van der Waals surface area contributed by atoms with E-state index in [0.29, 0.717) is 18.2 Å². The molecule has 1 aromatic carbocycles. The van der Waals surface area contributed by atoms with Crippen LogP contribution in [0.4, 0.5) is 10.7 Å². The Bertz CT molecular complexity index is 723. The van der Waals surface area contributed by atoms with Gasteiger partial charge in [0.05, 0.1) is 6.61 Å². The number of anilines is 1. The lowest BCUT2D eigenvalue weighted by Crippen LogP contribution is -2.25. The number of ether oxygens (including phenoxy) is 4. The lowest BCUT2D eigenvalue weighted by atomic mass is 10.3. The largest absolute Gasteiger partial charge is 0.475 e. The highest BCUT2D eigenvalue weighted by molar-refractivity contribution is 5.84. The number of nitrogens with zero attached hydrogens (tertiary/aromatic N) is 2. The molecule has 0 saturated carbocycles. The Hall–Kier alpha value is -2.71. The summed E-state index contributed by atoms with van der Waals surface area (Å²) in [6.45, 7) is 4.43. The van der Waals surface area contributed by atoms with E-state index < -0.39 is 11.9 Å². The van der Waals surface area contributed by atoms with Crippen molar-refractivity contribution in [3.63, 3.8) is 0 Å². The van der Waals surface area contributed by atoms with Gasteiger partial charge in [-0.15, -0.1) is 0 Å². The van der Waals surface area contributed by atoms with Crippen LogP contribution in [-0.4, -0.2) is 41.2 Å². The van der Waals surface area contributed by atoms with Gasteiger partial charge in [-0.05, 0) is 26.0 Å². The van der Waals surface area contributed by atoms with Gasteiger partial charge < -0.3 is 18.9 Å². The average molecular weight is 345 g/mol. The summed E-state index contributed by atoms with van der Waals surface area (Å²) < 4.78 is 21.8. The van der Waals surface area contributed by atoms with Crippen LogP contribution in [0, 0.1) is 0 Å². The maximum absolute atomic E-state index is 11.8. The van der Waals surface area contributed by atoms with Gasteiger partial charge in [0.2, 0.25) is 11.8 Å². The molecule has 1 aromatic heterocycles. The third-order valence-corrected chi connectivity index (χ3v) is 3.28. The van der Waals surface area contributed by atoms with Crippen LogP contribution < -0.4 is 14.8 Å². The molecule has 0 bridgehead atoms. The summed E-state index contributed by atoms with van der Waals surface area (Å²) in [6.07, 6.45) is 0.623. The lowest BCUT2D eigenvalue weighted by Gasteiger charge is -2.17. The van der Waals surface area contributed by atoms with Gasteiger partial charge in [0, 0.05) is 12.3 Å². The van der Waals surface area contributed by atoms with Crippen LogP contribution in [0.3, 0.4) is 0 Å². The number of carbonyl (C=O) groups excluding carboxylic acids is 1. The molecule has 1 aliphatic heterocycles. The standard InChI is InChI=1S/C17H19N3O5/c1-17(2)23-11-13(25-17)10-22-14-8-9-18-15(19-14)20-16(21)24-12-6-4-3-5-7-12/h3-9,13H,10-11H2,1-2H3,(H,18,19,20,21)/t13-/m0/s1. The van der Waals surface area contributed by atoms with E-state index in [-0.39, 0.29) is 18.7 Å². The summed E-state index contributed by atoms with van der Waals surface area (Å²) >= 11 is 0. The Morgan fingerprint density at radius 2 is 2.12 bits per heavy atom. The van der Waals surface area contributed by atoms with E-state index in [2.05, 4.69) is 15.3 Å². The Kier molecular flexibility index (Phi) is 5.11. The molecule has 132 valence electrons. The van der Waals surface area contributed by atoms with Crippen LogP contribution in [0.5, 0.6) is 11.6 Å². The molecule has 2 aromatic rings. The first-order valence-electron chi connectivity index (χ1n) is 7.82. The van der Waals surface area contributed by atoms with E-state index in [1.807, 2.05) is 19.9 Å². The molecule has 1 aliphatic rings. The molecule has 1 N–H and O–H groups in total. The van der Waals surface area contributed by atoms with Gasteiger partial charge in [-0.3, -0.25) is 5.32 Å². The second-order valence-corrected chi connectivity index (χ2v) is 5.81. The first-order chi connectivity index (χ1) is 12.0. The van der Waals surface area contributed by atoms with Crippen molar-refractivity contribution in [2.45, 2.75) is 25.7 Å². The van der Waals surface area contributed by atoms with Crippen LogP contribution in [0.1, 0.15) is 13.8 Å². The van der Waals surface area contributed by atoms with Gasteiger partial charge >= 0.3 is 6.09 Å². The zero-order valence-corrected chi connectivity index (χ0v) is 14.0. The smallest absolute Gasteiger partial charge is 0.419 e. The minimum absolute atomic E-state index is 0.0855. The van der Waals surface area contributed by atoms with Crippen molar-refractivity contribution in [1.82, 2.24) is 9.97 Å². The van der Waals surface area contributed by atoms with E-state index >= 15 is 0 Å². The molecule has 0 spiro atoms. The van der Waals surface area contributed by atoms with Gasteiger partial charge in [-0.25, -0.2) is 9.78 Å². The third kappa shape index (κ3) is 5.13. The van der Waals surface area contributed by atoms with Gasteiger partial charge in [0.25, 0.3) is 0 Å². The molecule has 0 aliphatic carbocycles. The molecule has 8 heteroatoms. The quantitative estimate of drug-likeness (QED) is 0.890. The number of hydrogen-bond donors (Lipinski definition) is 1. The molecule has 25 heavy (non-hydrogen) atoms. The zero-order valence-electron chi connectivity index (χ0n) is 14.0. The van der Waals surface area contributed by atoms with Crippen LogP contribution in [0.25, 0.3) is 0 Å². The molecule has 1 fully saturated rings. The molecule has 0 radical (unpaired) electrons. The number of hydrogen-bond acceptors (Lipinski definition) is 7. The van der Waals surface area contributed by atoms with Crippen LogP contribution in [0.2, 0.25) is 0 Å². The minimum Gasteiger partial charge on any atom is -0.475 e. The number of aromatic nitrogens is 2. The predicted octanol–water partition coefficient (Wildman–Crippen LogP) is 2.62. The number of benzene rings is 1. The monoisotopic (exact) mass is 345 g/mol. The highest BCUT2D eigenvalue weighted by Gasteiger charge is 2.33. The molecule has 0 unspecified atom stereocenters. The third-order valence-electron chi connectivity index (χ3n) is 3.28. The molecule has 1 saturated heterocycles. The first kappa shape index (κ1) is 17.1. The molecule has 2 heterocycles. The van der Waals surface area contributed by atoms with Crippen molar-refractivity contribution in [3.05, 3.63) is 42.6 Å². The van der Waals surface area contributed by atoms with E-state index in [1.165, 1.54) is 6.20 Å². The Labute approximate surface area is 145 Å². The summed E-state index contributed by atoms with van der Waals surface area (Å²) in [5, 5.41) is 2.45. The Morgan fingerprint density at radius 3 is 2.84 bits per heavy atom. The average Bonchev–Trinajstić information content (AvgIpc) is 2.93. The molecule has 8 nitrogen and oxygen atoms in total. The number of amides is 1. The lowest BCUT2D eigenvalue weighted by molar-refractivity contribution is -0.141. The second kappa shape index (κ2) is 7.45. The molecule has 1 amide bonds. The second-order valence-electron chi connectivity index (χ2n) is 5.81. The normalized spacial score (nSPS) is 18.6. The van der Waals surface area contributed by atoms with Crippen LogP contribution in [0.15, 0.2) is 42.6 Å². The highest BCUT2D eigenvalue weighted by Crippen LogP contribution is 2.22. The van der Waals surface area contributed by atoms with Crippen molar-refractivity contribution < 1.29 is 23.7 Å². The number of para-hydroxylation sites is 1. The summed E-state index contributed by atoms with van der Waals surface area (Å²) in [6, 6.07) is 10.3. The van der Waals surface area contributed by atoms with Gasteiger partial charge in [-0.1, -0.05) is 18.2 Å². The van der Waals surface area contributed by atoms with Crippen molar-refractivity contribution in [2.24, 2.45) is 0 Å². The zero-order chi connectivity index (χ0) is 17.7. The SMILES string of the molecule is CC1(C)OC[C@H](COc2ccnc(NC(=O)Oc3ccccc3)n2)O1. The van der Waals surface area contributed by atoms with Gasteiger partial charge in [-0.2, -0.15) is 4.98 Å². The van der Waals surface area contributed by atoms with E-state index in [9.17, 15) is 4.79 Å². The Morgan fingerprint density at radius 1 is 1.32 bits per heavy atom. The molecule has 3 rings (SSSR count). The van der Waals surface area contributed by atoms with Gasteiger partial charge in [0.1, 0.15) is 18.5 Å². The molecule has 1 atom stereocenters. The van der Waals surface area contributed by atoms with E-state index in [0.717, 1.165) is 0 Å². The highest BCUT2D eigenvalue weighted by atomic mass is 16.7. The number of nitrogens with one attached hydrogen (secondary N) is 1. The fourth-order valence-electron chi connectivity index (χ4n) is 2.22. The molecular formula is C17H19N3O5. The summed E-state index contributed by atoms with van der Waals surface area (Å²) in [7, 11) is 0. The van der Waals surface area contributed by atoms with Crippen LogP contribution in [-0.2, 0) is 9.47 Å². The number of carbonyl (C=O) groups is 1. The first-order valence-corrected chi connectivity index (χ1v) is 7.82. The number of rotatable bonds is 5. The van der Waals surface area contributed by atoms with Gasteiger partial charge in [0.15, 0.2) is 5.79 Å². The van der Waals surface area contributed by atoms with Crippen molar-refractivity contribution >= 4 is 12.0 Å². The predicted molar refractivity (Wildman–Crippen MR) is 88.5 cm³/mol. The molecular weight excluding hydrogens is 326 g/mol. The summed E-state index contributed by atoms with van der Waals surface area (Å²) in [4.78, 5) is 19.9. The van der Waals surface area contributed by atoms with Crippen LogP contribution >= 0.6 is 0 Å². The van der Waals surface area contributed by atoms with Crippen molar-refractivity contribution in [1.29, 1.82) is 0 Å². The topological polar surface area (TPSA) is 91.8 Å². The van der Waals surface area contributed by atoms with Crippen molar-refractivity contribution in [2.75, 3.05) is 18.5 Å². The van der Waals surface area contributed by atoms with E-state index in [4.69, 9.17) is 18.9 Å². The van der Waals surface area contributed by atoms with E-state index in [1.54, 1.807) is 30.3 Å².